The molecule has 0 radical (unpaired) electrons. The first-order valence-electron chi connectivity index (χ1n) is 3.48. The molecular formula is C7H11N3O2. The van der Waals surface area contributed by atoms with Crippen molar-refractivity contribution >= 4 is 5.97 Å². The van der Waals surface area contributed by atoms with Crippen LogP contribution in [0.5, 0.6) is 0 Å². The molecule has 5 heteroatoms. The van der Waals surface area contributed by atoms with Gasteiger partial charge in [-0.2, -0.15) is 0 Å². The van der Waals surface area contributed by atoms with Crippen LogP contribution in [0, 0.1) is 0 Å². The summed E-state index contributed by atoms with van der Waals surface area (Å²) in [4.78, 5) is 16.5. The van der Waals surface area contributed by atoms with Crippen molar-refractivity contribution in [3.8, 4) is 0 Å². The van der Waals surface area contributed by atoms with Gasteiger partial charge in [-0.05, 0) is 13.8 Å². The number of carboxylic acid groups (broad SMARTS) is 1. The zero-order chi connectivity index (χ0) is 9.40. The van der Waals surface area contributed by atoms with Crippen LogP contribution in [0.1, 0.15) is 13.8 Å². The van der Waals surface area contributed by atoms with Crippen molar-refractivity contribution < 1.29 is 14.5 Å². The Morgan fingerprint density at radius 2 is 1.92 bits per heavy atom. The lowest BCUT2D eigenvalue weighted by Crippen LogP contribution is -2.32. The number of carbonyl (C=O) groups excluding carboxylic acids is 1. The lowest BCUT2D eigenvalue weighted by atomic mass is 10.7. The van der Waals surface area contributed by atoms with Crippen molar-refractivity contribution in [2.24, 2.45) is 0 Å². The Labute approximate surface area is 70.7 Å². The molecule has 1 heterocycles. The minimum absolute atomic E-state index is 0.931. The van der Waals surface area contributed by atoms with Gasteiger partial charge in [0.1, 0.15) is 0 Å². The summed E-state index contributed by atoms with van der Waals surface area (Å²) < 4.78 is 1.90. The molecule has 0 N–H and O–H groups in total. The third kappa shape index (κ3) is 6.60. The number of carboxylic acids is 1. The topological polar surface area (TPSA) is 69.8 Å². The van der Waals surface area contributed by atoms with Gasteiger partial charge >= 0.3 is 0 Å². The Bertz CT molecular complexity index is 221. The second kappa shape index (κ2) is 6.21. The summed E-state index contributed by atoms with van der Waals surface area (Å²) in [6, 6.07) is 0. The van der Waals surface area contributed by atoms with Crippen molar-refractivity contribution in [3.63, 3.8) is 0 Å². The summed E-state index contributed by atoms with van der Waals surface area (Å²) in [5.41, 5.74) is 0. The fourth-order valence-electron chi connectivity index (χ4n) is 0.462. The van der Waals surface area contributed by atoms with E-state index in [1.807, 2.05) is 11.5 Å². The molecule has 0 amide bonds. The van der Waals surface area contributed by atoms with Crippen LogP contribution in [0.2, 0.25) is 0 Å². The molecule has 1 aromatic rings. The van der Waals surface area contributed by atoms with Crippen LogP contribution in [-0.4, -0.2) is 15.9 Å². The molecule has 0 atom stereocenters. The fourth-order valence-corrected chi connectivity index (χ4v) is 0.462. The summed E-state index contributed by atoms with van der Waals surface area (Å²) in [6.07, 6.45) is 5.01. The van der Waals surface area contributed by atoms with Gasteiger partial charge in [0.2, 0.25) is 12.7 Å². The highest BCUT2D eigenvalue weighted by Crippen LogP contribution is 1.61. The average Bonchev–Trinajstić information content (AvgIpc) is 2.05. The van der Waals surface area contributed by atoms with E-state index in [0.717, 1.165) is 13.5 Å². The summed E-state index contributed by atoms with van der Waals surface area (Å²) in [5, 5.41) is 8.89. The molecule has 0 spiro atoms. The van der Waals surface area contributed by atoms with E-state index in [1.165, 1.54) is 6.33 Å². The molecule has 0 aliphatic heterocycles. The largest absolute Gasteiger partial charge is 0.550 e. The fraction of sp³-hybridized carbons (Fsp3) is 0.429. The van der Waals surface area contributed by atoms with Crippen molar-refractivity contribution in [2.75, 3.05) is 0 Å². The number of hydrogen-bond donors (Lipinski definition) is 0. The molecule has 1 aromatic heterocycles. The molecule has 1 rings (SSSR count). The van der Waals surface area contributed by atoms with Crippen molar-refractivity contribution in [2.45, 2.75) is 20.4 Å². The first kappa shape index (κ1) is 10.5. The van der Waals surface area contributed by atoms with Gasteiger partial charge in [-0.1, -0.05) is 9.97 Å². The molecular weight excluding hydrogens is 158 g/mol. The van der Waals surface area contributed by atoms with Gasteiger partial charge in [0.05, 0.1) is 6.54 Å². The number of aliphatic carboxylic acids is 1. The number of rotatable bonds is 1. The van der Waals surface area contributed by atoms with Crippen molar-refractivity contribution in [1.82, 2.24) is 9.97 Å². The van der Waals surface area contributed by atoms with E-state index < -0.39 is 5.97 Å². The van der Waals surface area contributed by atoms with E-state index in [1.54, 1.807) is 12.7 Å². The van der Waals surface area contributed by atoms with E-state index in [2.05, 4.69) is 9.97 Å². The van der Waals surface area contributed by atoms with Crippen LogP contribution in [0.3, 0.4) is 0 Å². The van der Waals surface area contributed by atoms with Crippen LogP contribution in [0.4, 0.5) is 0 Å². The molecule has 12 heavy (non-hydrogen) atoms. The normalized spacial score (nSPS) is 8.17. The Morgan fingerprint density at radius 1 is 1.50 bits per heavy atom. The molecule has 0 saturated carbocycles. The molecule has 5 nitrogen and oxygen atoms in total. The molecule has 0 fully saturated rings. The second-order valence-corrected chi connectivity index (χ2v) is 1.97. The number of aromatic nitrogens is 3. The maximum absolute atomic E-state index is 8.89. The third-order valence-corrected chi connectivity index (χ3v) is 0.928. The molecule has 0 saturated heterocycles. The molecule has 0 aliphatic rings. The van der Waals surface area contributed by atoms with Crippen LogP contribution in [0.15, 0.2) is 19.0 Å². The standard InChI is InChI=1S/C5H8N3.C2H4O2/c1-2-8-4-6-3-7-5-8;1-2(3)4/h3-5H,2H2,1H3;1H3,(H,3,4)/q+1;/p-1. The van der Waals surface area contributed by atoms with E-state index in [4.69, 9.17) is 9.90 Å². The predicted molar refractivity (Wildman–Crippen MR) is 38.6 cm³/mol. The van der Waals surface area contributed by atoms with Gasteiger partial charge in [-0.25, -0.2) is 4.57 Å². The van der Waals surface area contributed by atoms with Gasteiger partial charge in [-0.3, -0.25) is 0 Å². The van der Waals surface area contributed by atoms with Crippen LogP contribution >= 0.6 is 0 Å². The maximum Gasteiger partial charge on any atom is 0.263 e. The van der Waals surface area contributed by atoms with E-state index in [-0.39, 0.29) is 0 Å². The maximum atomic E-state index is 8.89. The third-order valence-electron chi connectivity index (χ3n) is 0.928. The first-order valence-corrected chi connectivity index (χ1v) is 3.48. The highest BCUT2D eigenvalue weighted by atomic mass is 16.4. The minimum Gasteiger partial charge on any atom is -0.550 e. The van der Waals surface area contributed by atoms with Gasteiger partial charge in [0.25, 0.3) is 6.33 Å². The summed E-state index contributed by atoms with van der Waals surface area (Å²) in [7, 11) is 0. The number of nitrogens with zero attached hydrogens (tertiary/aromatic N) is 3. The van der Waals surface area contributed by atoms with E-state index in [0.29, 0.717) is 0 Å². The summed E-state index contributed by atoms with van der Waals surface area (Å²) >= 11 is 0. The number of hydrogen-bond acceptors (Lipinski definition) is 4. The van der Waals surface area contributed by atoms with Crippen LogP contribution < -0.4 is 9.67 Å². The molecule has 0 unspecified atom stereocenters. The zero-order valence-electron chi connectivity index (χ0n) is 7.10. The quantitative estimate of drug-likeness (QED) is 0.482. The number of aryl methyl sites for hydroxylation is 1. The van der Waals surface area contributed by atoms with Gasteiger partial charge in [0.15, 0.2) is 0 Å². The Kier molecular flexibility index (Phi) is 5.42. The summed E-state index contributed by atoms with van der Waals surface area (Å²) in [5.74, 6) is -1.08. The SMILES string of the molecule is CC(=O)[O-].CC[n+]1cncnc1. The Morgan fingerprint density at radius 3 is 2.17 bits per heavy atom. The van der Waals surface area contributed by atoms with Gasteiger partial charge in [0, 0.05) is 5.97 Å². The monoisotopic (exact) mass is 169 g/mol. The average molecular weight is 169 g/mol. The lowest BCUT2D eigenvalue weighted by molar-refractivity contribution is -0.699. The highest BCUT2D eigenvalue weighted by Gasteiger charge is 1.86. The van der Waals surface area contributed by atoms with Gasteiger partial charge < -0.3 is 9.90 Å². The van der Waals surface area contributed by atoms with Crippen molar-refractivity contribution in [3.05, 3.63) is 19.0 Å². The van der Waals surface area contributed by atoms with E-state index in [9.17, 15) is 0 Å². The predicted octanol–water partition coefficient (Wildman–Crippen LogP) is -1.46. The highest BCUT2D eigenvalue weighted by molar-refractivity contribution is 5.60. The van der Waals surface area contributed by atoms with Crippen molar-refractivity contribution in [1.29, 1.82) is 0 Å². The first-order chi connectivity index (χ1) is 5.66. The molecule has 0 aromatic carbocycles. The minimum atomic E-state index is -1.08. The lowest BCUT2D eigenvalue weighted by Gasteiger charge is -1.85. The Balaban J connectivity index is 0.000000261. The van der Waals surface area contributed by atoms with Crippen LogP contribution in [-0.2, 0) is 11.3 Å². The molecule has 0 aliphatic carbocycles. The molecule has 0 bridgehead atoms. The second-order valence-electron chi connectivity index (χ2n) is 1.97. The molecule has 66 valence electrons. The van der Waals surface area contributed by atoms with E-state index >= 15 is 0 Å². The number of carbonyl (C=O) groups is 1. The Hall–Kier alpha value is -1.52. The van der Waals surface area contributed by atoms with Crippen LogP contribution in [0.25, 0.3) is 0 Å². The zero-order valence-corrected chi connectivity index (χ0v) is 7.10. The van der Waals surface area contributed by atoms with Gasteiger partial charge in [-0.15, -0.1) is 0 Å². The smallest absolute Gasteiger partial charge is 0.263 e. The summed E-state index contributed by atoms with van der Waals surface area (Å²) in [6.45, 7) is 3.95.